The summed E-state index contributed by atoms with van der Waals surface area (Å²) in [6.07, 6.45) is 13.4. The van der Waals surface area contributed by atoms with E-state index in [0.29, 0.717) is 11.7 Å². The minimum absolute atomic E-state index is 0.526. The Kier molecular flexibility index (Phi) is 6.71. The number of rotatable bonds is 3. The van der Waals surface area contributed by atoms with Crippen molar-refractivity contribution in [2.24, 2.45) is 5.92 Å². The van der Waals surface area contributed by atoms with Gasteiger partial charge in [0.25, 0.3) is 0 Å². The first-order valence-corrected chi connectivity index (χ1v) is 6.84. The SMILES string of the molecule is CCCCC1CCCCCCCC(=O)C1. The molecule has 0 aromatic rings. The van der Waals surface area contributed by atoms with Gasteiger partial charge in [0.15, 0.2) is 0 Å². The average Bonchev–Trinajstić information content (AvgIpc) is 2.24. The van der Waals surface area contributed by atoms with Gasteiger partial charge >= 0.3 is 0 Å². The van der Waals surface area contributed by atoms with Crippen molar-refractivity contribution in [3.05, 3.63) is 0 Å². The minimum atomic E-state index is 0.526. The molecule has 0 heterocycles. The highest BCUT2D eigenvalue weighted by molar-refractivity contribution is 5.78. The van der Waals surface area contributed by atoms with Gasteiger partial charge < -0.3 is 0 Å². The van der Waals surface area contributed by atoms with E-state index in [1.165, 1.54) is 51.4 Å². The normalized spacial score (nSPS) is 25.1. The first kappa shape index (κ1) is 12.7. The molecule has 1 fully saturated rings. The van der Waals surface area contributed by atoms with Crippen LogP contribution in [0.3, 0.4) is 0 Å². The summed E-state index contributed by atoms with van der Waals surface area (Å²) >= 11 is 0. The lowest BCUT2D eigenvalue weighted by molar-refractivity contribution is -0.120. The molecule has 1 aliphatic rings. The van der Waals surface area contributed by atoms with Gasteiger partial charge in [-0.25, -0.2) is 0 Å². The van der Waals surface area contributed by atoms with Crippen molar-refractivity contribution in [2.45, 2.75) is 77.6 Å². The number of hydrogen-bond donors (Lipinski definition) is 0. The Balaban J connectivity index is 2.32. The summed E-state index contributed by atoms with van der Waals surface area (Å²) < 4.78 is 0. The smallest absolute Gasteiger partial charge is 0.133 e. The van der Waals surface area contributed by atoms with E-state index in [1.807, 2.05) is 0 Å². The van der Waals surface area contributed by atoms with Crippen LogP contribution in [0.5, 0.6) is 0 Å². The van der Waals surface area contributed by atoms with Crippen LogP contribution in [0.15, 0.2) is 0 Å². The van der Waals surface area contributed by atoms with Crippen molar-refractivity contribution >= 4 is 5.78 Å². The van der Waals surface area contributed by atoms with E-state index in [9.17, 15) is 4.79 Å². The Morgan fingerprint density at radius 2 is 1.87 bits per heavy atom. The van der Waals surface area contributed by atoms with E-state index in [2.05, 4.69) is 6.92 Å². The highest BCUT2D eigenvalue weighted by Gasteiger charge is 2.14. The molecule has 0 aromatic carbocycles. The molecule has 15 heavy (non-hydrogen) atoms. The summed E-state index contributed by atoms with van der Waals surface area (Å²) in [4.78, 5) is 11.7. The standard InChI is InChI=1S/C14H26O/c1-2-3-9-13-10-7-5-4-6-8-11-14(15)12-13/h13H,2-12H2,1H3. The summed E-state index contributed by atoms with van der Waals surface area (Å²) in [6, 6.07) is 0. The molecule has 1 rings (SSSR count). The maximum absolute atomic E-state index is 11.7. The molecular formula is C14H26O. The van der Waals surface area contributed by atoms with Gasteiger partial charge in [-0.05, 0) is 12.3 Å². The van der Waals surface area contributed by atoms with Crippen molar-refractivity contribution in [3.63, 3.8) is 0 Å². The Labute approximate surface area is 94.6 Å². The van der Waals surface area contributed by atoms with E-state index < -0.39 is 0 Å². The minimum Gasteiger partial charge on any atom is -0.300 e. The third-order valence-corrected chi connectivity index (χ3v) is 3.55. The van der Waals surface area contributed by atoms with Crippen LogP contribution >= 0.6 is 0 Å². The molecule has 88 valence electrons. The van der Waals surface area contributed by atoms with Gasteiger partial charge in [-0.15, -0.1) is 0 Å². The van der Waals surface area contributed by atoms with E-state index in [1.54, 1.807) is 0 Å². The zero-order chi connectivity index (χ0) is 10.9. The van der Waals surface area contributed by atoms with E-state index >= 15 is 0 Å². The molecule has 1 atom stereocenters. The molecule has 0 bridgehead atoms. The lowest BCUT2D eigenvalue weighted by Crippen LogP contribution is -2.10. The van der Waals surface area contributed by atoms with Crippen molar-refractivity contribution in [3.8, 4) is 0 Å². The largest absolute Gasteiger partial charge is 0.300 e. The van der Waals surface area contributed by atoms with Gasteiger partial charge in [-0.3, -0.25) is 4.79 Å². The maximum Gasteiger partial charge on any atom is 0.133 e. The predicted molar refractivity (Wildman–Crippen MR) is 65.0 cm³/mol. The number of unbranched alkanes of at least 4 members (excludes halogenated alkanes) is 1. The fourth-order valence-electron chi connectivity index (χ4n) is 2.55. The van der Waals surface area contributed by atoms with E-state index in [4.69, 9.17) is 0 Å². The molecule has 0 aliphatic heterocycles. The Morgan fingerprint density at radius 1 is 1.13 bits per heavy atom. The van der Waals surface area contributed by atoms with Gasteiger partial charge in [0.2, 0.25) is 0 Å². The number of hydrogen-bond acceptors (Lipinski definition) is 1. The Bertz CT molecular complexity index is 174. The van der Waals surface area contributed by atoms with Gasteiger partial charge in [-0.1, -0.05) is 58.3 Å². The molecule has 0 amide bonds. The fraction of sp³-hybridized carbons (Fsp3) is 0.929. The molecular weight excluding hydrogens is 184 g/mol. The third-order valence-electron chi connectivity index (χ3n) is 3.55. The maximum atomic E-state index is 11.7. The summed E-state index contributed by atoms with van der Waals surface area (Å²) in [5.74, 6) is 1.23. The molecule has 1 saturated carbocycles. The van der Waals surface area contributed by atoms with Crippen LogP contribution in [0.1, 0.15) is 77.6 Å². The Hall–Kier alpha value is -0.330. The van der Waals surface area contributed by atoms with Crippen molar-refractivity contribution in [2.75, 3.05) is 0 Å². The summed E-state index contributed by atoms with van der Waals surface area (Å²) in [5.41, 5.74) is 0. The molecule has 0 spiro atoms. The van der Waals surface area contributed by atoms with E-state index in [-0.39, 0.29) is 0 Å². The van der Waals surface area contributed by atoms with Crippen LogP contribution < -0.4 is 0 Å². The lowest BCUT2D eigenvalue weighted by atomic mass is 9.88. The zero-order valence-corrected chi connectivity index (χ0v) is 10.3. The van der Waals surface area contributed by atoms with Gasteiger partial charge in [0.05, 0.1) is 0 Å². The van der Waals surface area contributed by atoms with Crippen LogP contribution in [-0.4, -0.2) is 5.78 Å². The number of carbonyl (C=O) groups excluding carboxylic acids is 1. The average molecular weight is 210 g/mol. The van der Waals surface area contributed by atoms with Gasteiger partial charge in [0.1, 0.15) is 5.78 Å². The highest BCUT2D eigenvalue weighted by atomic mass is 16.1. The first-order chi connectivity index (χ1) is 7.33. The predicted octanol–water partition coefficient (Wildman–Crippen LogP) is 4.50. The molecule has 1 unspecified atom stereocenters. The second-order valence-electron chi connectivity index (χ2n) is 5.06. The molecule has 0 radical (unpaired) electrons. The van der Waals surface area contributed by atoms with Crippen LogP contribution in [0.2, 0.25) is 0 Å². The summed E-state index contributed by atoms with van der Waals surface area (Å²) in [7, 11) is 0. The second-order valence-corrected chi connectivity index (χ2v) is 5.06. The van der Waals surface area contributed by atoms with Gasteiger partial charge in [0, 0.05) is 12.8 Å². The van der Waals surface area contributed by atoms with Crippen molar-refractivity contribution in [1.82, 2.24) is 0 Å². The van der Waals surface area contributed by atoms with Crippen LogP contribution in [0.25, 0.3) is 0 Å². The van der Waals surface area contributed by atoms with Crippen molar-refractivity contribution in [1.29, 1.82) is 0 Å². The molecule has 1 heteroatoms. The second kappa shape index (κ2) is 7.90. The van der Waals surface area contributed by atoms with Crippen LogP contribution in [-0.2, 0) is 4.79 Å². The summed E-state index contributed by atoms with van der Waals surface area (Å²) in [5, 5.41) is 0. The Morgan fingerprint density at radius 3 is 2.67 bits per heavy atom. The molecule has 0 saturated heterocycles. The third kappa shape index (κ3) is 5.96. The van der Waals surface area contributed by atoms with E-state index in [0.717, 1.165) is 19.3 Å². The first-order valence-electron chi connectivity index (χ1n) is 6.84. The zero-order valence-electron chi connectivity index (χ0n) is 10.3. The number of ketones is 1. The number of carbonyl (C=O) groups is 1. The van der Waals surface area contributed by atoms with Gasteiger partial charge in [-0.2, -0.15) is 0 Å². The quantitative estimate of drug-likeness (QED) is 0.670. The molecule has 0 N–H and O–H groups in total. The highest BCUT2D eigenvalue weighted by Crippen LogP contribution is 2.23. The van der Waals surface area contributed by atoms with Crippen LogP contribution in [0.4, 0.5) is 0 Å². The summed E-state index contributed by atoms with van der Waals surface area (Å²) in [6.45, 7) is 2.24. The van der Waals surface area contributed by atoms with Crippen molar-refractivity contribution < 1.29 is 4.79 Å². The van der Waals surface area contributed by atoms with Crippen LogP contribution in [0, 0.1) is 5.92 Å². The molecule has 1 aliphatic carbocycles. The number of Topliss-reactive ketones (excluding diaryl/α,β-unsaturated/α-hetero) is 1. The fourth-order valence-corrected chi connectivity index (χ4v) is 2.55. The topological polar surface area (TPSA) is 17.1 Å². The monoisotopic (exact) mass is 210 g/mol. The molecule has 1 nitrogen and oxygen atoms in total. The lowest BCUT2D eigenvalue weighted by Gasteiger charge is -2.17. The molecule has 0 aromatic heterocycles.